The maximum Gasteiger partial charge on any atom is 0.115 e. The molecule has 0 amide bonds. The Kier molecular flexibility index (Phi) is 3.50. The van der Waals surface area contributed by atoms with Crippen molar-refractivity contribution in [3.63, 3.8) is 0 Å². The van der Waals surface area contributed by atoms with Crippen LogP contribution in [0.1, 0.15) is 6.42 Å². The zero-order chi connectivity index (χ0) is 10.5. The minimum absolute atomic E-state index is 0.994. The lowest BCUT2D eigenvalue weighted by molar-refractivity contribution is 0.262. The molecule has 4 nitrogen and oxygen atoms in total. The van der Waals surface area contributed by atoms with Crippen LogP contribution in [0.15, 0.2) is 18.7 Å². The minimum atomic E-state index is 0.994. The van der Waals surface area contributed by atoms with Crippen LogP contribution in [-0.2, 0) is 0 Å². The van der Waals surface area contributed by atoms with Gasteiger partial charge in [-0.15, -0.1) is 0 Å². The van der Waals surface area contributed by atoms with Gasteiger partial charge in [-0.2, -0.15) is 0 Å². The van der Waals surface area contributed by atoms with Crippen LogP contribution in [0.3, 0.4) is 0 Å². The number of hydrogen-bond acceptors (Lipinski definition) is 4. The Bertz CT molecular complexity index is 280. The van der Waals surface area contributed by atoms with Gasteiger partial charge in [-0.3, -0.25) is 4.90 Å². The molecule has 0 unspecified atom stereocenters. The van der Waals surface area contributed by atoms with Gasteiger partial charge in [-0.05, 0) is 13.0 Å². The number of anilines is 1. The number of aromatic nitrogens is 2. The summed E-state index contributed by atoms with van der Waals surface area (Å²) in [4.78, 5) is 12.9. The third-order valence-electron chi connectivity index (χ3n) is 2.76. The van der Waals surface area contributed by atoms with Crippen LogP contribution in [-0.4, -0.2) is 47.6 Å². The molecule has 1 fully saturated rings. The summed E-state index contributed by atoms with van der Waals surface area (Å²) in [6, 6.07) is 0. The average molecular weight is 205 g/mol. The zero-order valence-corrected chi connectivity index (χ0v) is 8.97. The van der Waals surface area contributed by atoms with Gasteiger partial charge in [0, 0.05) is 26.2 Å². The topological polar surface area (TPSA) is 32.3 Å². The molecule has 0 saturated carbocycles. The van der Waals surface area contributed by atoms with E-state index in [9.17, 15) is 0 Å². The summed E-state index contributed by atoms with van der Waals surface area (Å²) in [5.41, 5.74) is 1.13. The SMILES string of the molecule is [CH2]CCN1CCN(c2cncnc2)CC1. The molecule has 4 heteroatoms. The molecule has 0 N–H and O–H groups in total. The van der Waals surface area contributed by atoms with E-state index in [-0.39, 0.29) is 0 Å². The molecule has 1 saturated heterocycles. The fraction of sp³-hybridized carbons (Fsp3) is 0.545. The highest BCUT2D eigenvalue weighted by Gasteiger charge is 2.16. The smallest absolute Gasteiger partial charge is 0.115 e. The Morgan fingerprint density at radius 1 is 1.13 bits per heavy atom. The predicted molar refractivity (Wildman–Crippen MR) is 60.7 cm³/mol. The Balaban J connectivity index is 1.88. The second-order valence-electron chi connectivity index (χ2n) is 3.78. The lowest BCUT2D eigenvalue weighted by atomic mass is 10.3. The van der Waals surface area contributed by atoms with Gasteiger partial charge in [0.15, 0.2) is 0 Å². The lowest BCUT2D eigenvalue weighted by Crippen LogP contribution is -2.46. The maximum absolute atomic E-state index is 4.04. The van der Waals surface area contributed by atoms with Gasteiger partial charge >= 0.3 is 0 Å². The first kappa shape index (κ1) is 10.4. The number of piperazine rings is 1. The standard InChI is InChI=1S/C11H17N4/c1-2-3-14-4-6-15(7-5-14)11-8-12-10-13-9-11/h8-10H,1-7H2. The summed E-state index contributed by atoms with van der Waals surface area (Å²) in [5, 5.41) is 0. The zero-order valence-electron chi connectivity index (χ0n) is 8.97. The van der Waals surface area contributed by atoms with Crippen LogP contribution in [0, 0.1) is 6.92 Å². The van der Waals surface area contributed by atoms with Gasteiger partial charge in [-0.25, -0.2) is 9.97 Å². The van der Waals surface area contributed by atoms with Crippen molar-refractivity contribution < 1.29 is 0 Å². The summed E-state index contributed by atoms with van der Waals surface area (Å²) in [7, 11) is 0. The summed E-state index contributed by atoms with van der Waals surface area (Å²) >= 11 is 0. The van der Waals surface area contributed by atoms with Crippen molar-refractivity contribution in [1.82, 2.24) is 14.9 Å². The Hall–Kier alpha value is -1.16. The first-order valence-corrected chi connectivity index (χ1v) is 5.41. The number of rotatable bonds is 3. The molecule has 1 aliphatic rings. The molecule has 1 aliphatic heterocycles. The molecule has 0 spiro atoms. The van der Waals surface area contributed by atoms with E-state index in [1.165, 1.54) is 0 Å². The van der Waals surface area contributed by atoms with E-state index in [1.807, 2.05) is 12.4 Å². The molecule has 81 valence electrons. The fourth-order valence-corrected chi connectivity index (χ4v) is 1.91. The van der Waals surface area contributed by atoms with Crippen molar-refractivity contribution in [3.8, 4) is 0 Å². The summed E-state index contributed by atoms with van der Waals surface area (Å²) in [6.45, 7) is 9.35. The predicted octanol–water partition coefficient (Wildman–Crippen LogP) is 0.823. The molecule has 2 rings (SSSR count). The Morgan fingerprint density at radius 2 is 1.80 bits per heavy atom. The molecule has 15 heavy (non-hydrogen) atoms. The van der Waals surface area contributed by atoms with E-state index < -0.39 is 0 Å². The van der Waals surface area contributed by atoms with Crippen LogP contribution in [0.25, 0.3) is 0 Å². The first-order chi connectivity index (χ1) is 7.40. The fourth-order valence-electron chi connectivity index (χ4n) is 1.91. The summed E-state index contributed by atoms with van der Waals surface area (Å²) in [6.07, 6.45) is 6.32. The van der Waals surface area contributed by atoms with Crippen molar-refractivity contribution >= 4 is 5.69 Å². The van der Waals surface area contributed by atoms with E-state index in [0.29, 0.717) is 0 Å². The molecule has 0 atom stereocenters. The average Bonchev–Trinajstić information content (AvgIpc) is 2.32. The summed E-state index contributed by atoms with van der Waals surface area (Å²) < 4.78 is 0. The monoisotopic (exact) mass is 205 g/mol. The second-order valence-corrected chi connectivity index (χ2v) is 3.78. The Morgan fingerprint density at radius 3 is 2.40 bits per heavy atom. The van der Waals surface area contributed by atoms with E-state index in [1.54, 1.807) is 6.33 Å². The van der Waals surface area contributed by atoms with Crippen LogP contribution >= 0.6 is 0 Å². The molecule has 0 aromatic carbocycles. The van der Waals surface area contributed by atoms with Gasteiger partial charge in [0.2, 0.25) is 0 Å². The quantitative estimate of drug-likeness (QED) is 0.731. The largest absolute Gasteiger partial charge is 0.366 e. The van der Waals surface area contributed by atoms with Crippen molar-refractivity contribution in [2.24, 2.45) is 0 Å². The molecule has 2 heterocycles. The minimum Gasteiger partial charge on any atom is -0.366 e. The van der Waals surface area contributed by atoms with Gasteiger partial charge in [0.05, 0.1) is 18.1 Å². The van der Waals surface area contributed by atoms with Crippen molar-refractivity contribution in [3.05, 3.63) is 25.6 Å². The molecule has 1 aromatic rings. The maximum atomic E-state index is 4.04. The van der Waals surface area contributed by atoms with Gasteiger partial charge < -0.3 is 4.90 Å². The molecule has 0 aliphatic carbocycles. The van der Waals surface area contributed by atoms with Crippen molar-refractivity contribution in [2.45, 2.75) is 6.42 Å². The van der Waals surface area contributed by atoms with Gasteiger partial charge in [0.1, 0.15) is 6.33 Å². The molecule has 0 bridgehead atoms. The van der Waals surface area contributed by atoms with Crippen molar-refractivity contribution in [1.29, 1.82) is 0 Å². The molecular weight excluding hydrogens is 188 g/mol. The third-order valence-corrected chi connectivity index (χ3v) is 2.76. The van der Waals surface area contributed by atoms with Gasteiger partial charge in [-0.1, -0.05) is 6.92 Å². The lowest BCUT2D eigenvalue weighted by Gasteiger charge is -2.35. The van der Waals surface area contributed by atoms with E-state index in [0.717, 1.165) is 44.8 Å². The molecule has 1 aromatic heterocycles. The van der Waals surface area contributed by atoms with Crippen LogP contribution in [0.4, 0.5) is 5.69 Å². The highest BCUT2D eigenvalue weighted by Crippen LogP contribution is 2.13. The van der Waals surface area contributed by atoms with Crippen LogP contribution in [0.2, 0.25) is 0 Å². The third kappa shape index (κ3) is 2.65. The Labute approximate surface area is 90.9 Å². The first-order valence-electron chi connectivity index (χ1n) is 5.41. The van der Waals surface area contributed by atoms with Crippen molar-refractivity contribution in [2.75, 3.05) is 37.6 Å². The highest BCUT2D eigenvalue weighted by molar-refractivity contribution is 5.41. The second kappa shape index (κ2) is 5.07. The van der Waals surface area contributed by atoms with E-state index >= 15 is 0 Å². The van der Waals surface area contributed by atoms with E-state index in [4.69, 9.17) is 0 Å². The number of nitrogens with zero attached hydrogens (tertiary/aromatic N) is 4. The highest BCUT2D eigenvalue weighted by atomic mass is 15.3. The van der Waals surface area contributed by atoms with E-state index in [2.05, 4.69) is 26.7 Å². The summed E-state index contributed by atoms with van der Waals surface area (Å²) in [5.74, 6) is 0. The molecule has 1 radical (unpaired) electrons. The molecular formula is C11H17N4. The van der Waals surface area contributed by atoms with Crippen LogP contribution < -0.4 is 4.90 Å². The normalized spacial score (nSPS) is 18.1. The van der Waals surface area contributed by atoms with Crippen LogP contribution in [0.5, 0.6) is 0 Å². The van der Waals surface area contributed by atoms with Gasteiger partial charge in [0.25, 0.3) is 0 Å². The number of hydrogen-bond donors (Lipinski definition) is 0.